The zero-order chi connectivity index (χ0) is 21.1. The van der Waals surface area contributed by atoms with E-state index in [4.69, 9.17) is 0 Å². The minimum atomic E-state index is -0.320. The van der Waals surface area contributed by atoms with Crippen molar-refractivity contribution in [2.24, 2.45) is 0 Å². The molecule has 8 nitrogen and oxygen atoms in total. The molecule has 0 fully saturated rings. The molecule has 0 aliphatic rings. The van der Waals surface area contributed by atoms with Gasteiger partial charge >= 0.3 is 0 Å². The van der Waals surface area contributed by atoms with Crippen molar-refractivity contribution in [2.75, 3.05) is 11.1 Å². The Bertz CT molecular complexity index is 1300. The molecule has 2 aromatic carbocycles. The number of thioether (sulfide) groups is 1. The summed E-state index contributed by atoms with van der Waals surface area (Å²) in [5.41, 5.74) is 1.93. The van der Waals surface area contributed by atoms with Crippen LogP contribution in [0.15, 0.2) is 70.7 Å². The fourth-order valence-electron chi connectivity index (χ4n) is 2.87. The molecule has 0 aliphatic carbocycles. The quantitative estimate of drug-likeness (QED) is 0.282. The number of H-pyrrole nitrogens is 1. The van der Waals surface area contributed by atoms with E-state index >= 15 is 0 Å². The Labute approximate surface area is 175 Å². The van der Waals surface area contributed by atoms with Gasteiger partial charge in [0.05, 0.1) is 17.6 Å². The summed E-state index contributed by atoms with van der Waals surface area (Å²) in [5.74, 6) is -0.316. The standard InChI is InChI=1S/C21H17N5O3S/c1-13(27)14-6-5-7-15(10-14)23-18(28)12-30-21-24-19-17(20(29)25-21)11-22-26(19)16-8-3-2-4-9-16/h2-11H,12H2,1H3,(H,23,28)(H,24,25,29). The number of aromatic nitrogens is 4. The molecule has 0 unspecified atom stereocenters. The van der Waals surface area contributed by atoms with Crippen LogP contribution in [0.25, 0.3) is 16.7 Å². The minimum absolute atomic E-state index is 0.0399. The summed E-state index contributed by atoms with van der Waals surface area (Å²) in [6.45, 7) is 1.47. The molecule has 150 valence electrons. The summed E-state index contributed by atoms with van der Waals surface area (Å²) in [6, 6.07) is 16.1. The second-order valence-corrected chi connectivity index (χ2v) is 7.44. The van der Waals surface area contributed by atoms with Gasteiger partial charge in [-0.25, -0.2) is 9.67 Å². The number of carbonyl (C=O) groups excluding carboxylic acids is 2. The molecule has 0 bridgehead atoms. The highest BCUT2D eigenvalue weighted by molar-refractivity contribution is 7.99. The van der Waals surface area contributed by atoms with E-state index in [0.29, 0.717) is 27.4 Å². The number of nitrogens with one attached hydrogen (secondary N) is 2. The summed E-state index contributed by atoms with van der Waals surface area (Å²) in [5, 5.41) is 7.69. The van der Waals surface area contributed by atoms with Gasteiger partial charge in [-0.1, -0.05) is 42.1 Å². The molecule has 2 heterocycles. The number of rotatable bonds is 6. The lowest BCUT2D eigenvalue weighted by Crippen LogP contribution is -2.16. The molecule has 2 N–H and O–H groups in total. The molecule has 4 rings (SSSR count). The zero-order valence-electron chi connectivity index (χ0n) is 16.0. The first kappa shape index (κ1) is 19.6. The van der Waals surface area contributed by atoms with Crippen molar-refractivity contribution >= 4 is 40.2 Å². The number of anilines is 1. The van der Waals surface area contributed by atoms with Crippen LogP contribution in [0.2, 0.25) is 0 Å². The summed E-state index contributed by atoms with van der Waals surface area (Å²) in [6.07, 6.45) is 1.47. The molecule has 0 aliphatic heterocycles. The number of nitrogens with zero attached hydrogens (tertiary/aromatic N) is 3. The van der Waals surface area contributed by atoms with Gasteiger partial charge in [-0.2, -0.15) is 5.10 Å². The maximum absolute atomic E-state index is 12.4. The number of carbonyl (C=O) groups is 2. The first-order valence-electron chi connectivity index (χ1n) is 9.08. The maximum atomic E-state index is 12.4. The van der Waals surface area contributed by atoms with E-state index in [0.717, 1.165) is 17.4 Å². The molecular weight excluding hydrogens is 402 g/mol. The minimum Gasteiger partial charge on any atom is -0.325 e. The Morgan fingerprint density at radius 1 is 1.13 bits per heavy atom. The first-order chi connectivity index (χ1) is 14.5. The van der Waals surface area contributed by atoms with Crippen molar-refractivity contribution in [2.45, 2.75) is 12.1 Å². The predicted molar refractivity (Wildman–Crippen MR) is 115 cm³/mol. The summed E-state index contributed by atoms with van der Waals surface area (Å²) in [7, 11) is 0. The van der Waals surface area contributed by atoms with Gasteiger partial charge < -0.3 is 10.3 Å². The predicted octanol–water partition coefficient (Wildman–Crippen LogP) is 3.04. The molecule has 0 radical (unpaired) electrons. The highest BCUT2D eigenvalue weighted by Gasteiger charge is 2.13. The molecule has 0 saturated heterocycles. The lowest BCUT2D eigenvalue weighted by Gasteiger charge is -2.07. The van der Waals surface area contributed by atoms with Gasteiger partial charge in [-0.3, -0.25) is 14.4 Å². The van der Waals surface area contributed by atoms with E-state index in [-0.39, 0.29) is 23.0 Å². The number of hydrogen-bond donors (Lipinski definition) is 2. The van der Waals surface area contributed by atoms with Crippen LogP contribution in [0.5, 0.6) is 0 Å². The molecular formula is C21H17N5O3S. The summed E-state index contributed by atoms with van der Waals surface area (Å²) >= 11 is 1.11. The average Bonchev–Trinajstić information content (AvgIpc) is 3.18. The summed E-state index contributed by atoms with van der Waals surface area (Å²) in [4.78, 5) is 43.3. The first-order valence-corrected chi connectivity index (χ1v) is 10.1. The van der Waals surface area contributed by atoms with Gasteiger partial charge in [-0.15, -0.1) is 0 Å². The fraction of sp³-hybridized carbons (Fsp3) is 0.0952. The number of aromatic amines is 1. The van der Waals surface area contributed by atoms with E-state index in [2.05, 4.69) is 20.4 Å². The number of amides is 1. The molecule has 2 aromatic heterocycles. The van der Waals surface area contributed by atoms with Crippen LogP contribution in [-0.2, 0) is 4.79 Å². The van der Waals surface area contributed by atoms with Crippen molar-refractivity contribution in [3.05, 3.63) is 76.7 Å². The van der Waals surface area contributed by atoms with Crippen molar-refractivity contribution in [3.63, 3.8) is 0 Å². The zero-order valence-corrected chi connectivity index (χ0v) is 16.8. The molecule has 9 heteroatoms. The van der Waals surface area contributed by atoms with Crippen molar-refractivity contribution in [1.29, 1.82) is 0 Å². The molecule has 0 atom stereocenters. The van der Waals surface area contributed by atoms with Gasteiger partial charge in [-0.05, 0) is 31.2 Å². The van der Waals surface area contributed by atoms with E-state index in [1.54, 1.807) is 28.9 Å². The molecule has 4 aromatic rings. The van der Waals surface area contributed by atoms with Gasteiger partial charge in [0, 0.05) is 11.3 Å². The number of hydrogen-bond acceptors (Lipinski definition) is 6. The number of benzene rings is 2. The topological polar surface area (TPSA) is 110 Å². The normalized spacial score (nSPS) is 10.8. The molecule has 0 spiro atoms. The Hall–Kier alpha value is -3.72. The molecule has 0 saturated carbocycles. The Balaban J connectivity index is 1.51. The van der Waals surface area contributed by atoms with E-state index in [9.17, 15) is 14.4 Å². The van der Waals surface area contributed by atoms with Crippen LogP contribution in [0.4, 0.5) is 5.69 Å². The number of fused-ring (bicyclic) bond motifs is 1. The van der Waals surface area contributed by atoms with Crippen LogP contribution in [-0.4, -0.2) is 37.2 Å². The van der Waals surface area contributed by atoms with Crippen LogP contribution >= 0.6 is 11.8 Å². The fourth-order valence-corrected chi connectivity index (χ4v) is 3.53. The second kappa shape index (κ2) is 8.34. The number of ketones is 1. The van der Waals surface area contributed by atoms with Gasteiger partial charge in [0.15, 0.2) is 16.6 Å². The van der Waals surface area contributed by atoms with Crippen LogP contribution in [0.3, 0.4) is 0 Å². The smallest absolute Gasteiger partial charge is 0.262 e. The average molecular weight is 419 g/mol. The van der Waals surface area contributed by atoms with Crippen LogP contribution in [0, 0.1) is 0 Å². The lowest BCUT2D eigenvalue weighted by atomic mass is 10.1. The van der Waals surface area contributed by atoms with Gasteiger partial charge in [0.25, 0.3) is 5.56 Å². The third kappa shape index (κ3) is 4.15. The SMILES string of the molecule is CC(=O)c1cccc(NC(=O)CSc2nc3c(cnn3-c3ccccc3)c(=O)[nH]2)c1. The highest BCUT2D eigenvalue weighted by atomic mass is 32.2. The monoisotopic (exact) mass is 419 g/mol. The maximum Gasteiger partial charge on any atom is 0.262 e. The van der Waals surface area contributed by atoms with E-state index in [1.807, 2.05) is 30.3 Å². The van der Waals surface area contributed by atoms with Crippen molar-refractivity contribution in [1.82, 2.24) is 19.7 Å². The highest BCUT2D eigenvalue weighted by Crippen LogP contribution is 2.18. The van der Waals surface area contributed by atoms with Crippen LogP contribution in [0.1, 0.15) is 17.3 Å². The Morgan fingerprint density at radius 2 is 1.93 bits per heavy atom. The van der Waals surface area contributed by atoms with Crippen molar-refractivity contribution in [3.8, 4) is 5.69 Å². The number of para-hydroxylation sites is 1. The molecule has 30 heavy (non-hydrogen) atoms. The third-order valence-corrected chi connectivity index (χ3v) is 5.18. The van der Waals surface area contributed by atoms with Crippen molar-refractivity contribution < 1.29 is 9.59 Å². The summed E-state index contributed by atoms with van der Waals surface area (Å²) < 4.78 is 1.59. The Morgan fingerprint density at radius 3 is 2.70 bits per heavy atom. The van der Waals surface area contributed by atoms with Gasteiger partial charge in [0.1, 0.15) is 5.39 Å². The lowest BCUT2D eigenvalue weighted by molar-refractivity contribution is -0.113. The largest absolute Gasteiger partial charge is 0.325 e. The third-order valence-electron chi connectivity index (χ3n) is 4.31. The molecule has 1 amide bonds. The number of Topliss-reactive ketones (excluding diaryl/α,β-unsaturated/α-hetero) is 1. The van der Waals surface area contributed by atoms with E-state index < -0.39 is 0 Å². The van der Waals surface area contributed by atoms with Gasteiger partial charge in [0.2, 0.25) is 5.91 Å². The van der Waals surface area contributed by atoms with E-state index in [1.165, 1.54) is 13.1 Å². The Kier molecular flexibility index (Phi) is 5.44. The van der Waals surface area contributed by atoms with Crippen LogP contribution < -0.4 is 10.9 Å². The second-order valence-electron chi connectivity index (χ2n) is 6.47.